The second-order valence-corrected chi connectivity index (χ2v) is 12.7. The zero-order valence-corrected chi connectivity index (χ0v) is 21.8. The Morgan fingerprint density at radius 2 is 1.91 bits per heavy atom. The molecule has 4 fully saturated rings. The Balaban J connectivity index is 1.10. The predicted molar refractivity (Wildman–Crippen MR) is 142 cm³/mol. The topological polar surface area (TPSA) is 19.4 Å². The molecule has 0 amide bonds. The van der Waals surface area contributed by atoms with Gasteiger partial charge in [0, 0.05) is 37.8 Å². The summed E-state index contributed by atoms with van der Waals surface area (Å²) < 4.78 is 0. The van der Waals surface area contributed by atoms with Crippen LogP contribution in [0.3, 0.4) is 0 Å². The van der Waals surface area contributed by atoms with Gasteiger partial charge in [-0.25, -0.2) is 4.98 Å². The van der Waals surface area contributed by atoms with Crippen LogP contribution in [0.2, 0.25) is 0 Å². The number of nitrogens with zero attached hydrogens (tertiary/aromatic N) is 3. The van der Waals surface area contributed by atoms with Gasteiger partial charge in [0.15, 0.2) is 0 Å². The Morgan fingerprint density at radius 1 is 1.06 bits per heavy atom. The van der Waals surface area contributed by atoms with Gasteiger partial charge in [0.25, 0.3) is 0 Å². The van der Waals surface area contributed by atoms with Gasteiger partial charge >= 0.3 is 0 Å². The molecule has 4 aliphatic carbocycles. The van der Waals surface area contributed by atoms with Gasteiger partial charge in [0.1, 0.15) is 5.82 Å². The van der Waals surface area contributed by atoms with Gasteiger partial charge in [-0.1, -0.05) is 50.6 Å². The summed E-state index contributed by atoms with van der Waals surface area (Å²) in [5.41, 5.74) is 2.69. The molecule has 0 bridgehead atoms. The zero-order valence-electron chi connectivity index (χ0n) is 21.8. The maximum absolute atomic E-state index is 4.56. The molecule has 0 N–H and O–H groups in total. The van der Waals surface area contributed by atoms with Crippen molar-refractivity contribution in [3.63, 3.8) is 0 Å². The van der Waals surface area contributed by atoms with Gasteiger partial charge in [0.05, 0.1) is 0 Å². The minimum Gasteiger partial charge on any atom is -0.354 e. The first-order chi connectivity index (χ1) is 16.5. The zero-order chi connectivity index (χ0) is 23.3. The molecule has 2 heterocycles. The summed E-state index contributed by atoms with van der Waals surface area (Å²) in [6.45, 7) is 13.8. The fraction of sp³-hybridized carbons (Fsp3) is 0.710. The van der Waals surface area contributed by atoms with Crippen LogP contribution in [0.15, 0.2) is 48.2 Å². The maximum atomic E-state index is 4.56. The minimum atomic E-state index is 0.358. The van der Waals surface area contributed by atoms with Crippen molar-refractivity contribution in [3.05, 3.63) is 48.2 Å². The lowest BCUT2D eigenvalue weighted by Gasteiger charge is -2.57. The van der Waals surface area contributed by atoms with Crippen molar-refractivity contribution in [2.45, 2.75) is 65.7 Å². The van der Waals surface area contributed by atoms with E-state index < -0.39 is 0 Å². The van der Waals surface area contributed by atoms with Crippen LogP contribution in [0.1, 0.15) is 65.7 Å². The number of fused-ring (bicyclic) bond motifs is 5. The Morgan fingerprint density at radius 3 is 2.71 bits per heavy atom. The molecule has 1 aromatic heterocycles. The molecule has 1 aromatic rings. The first-order valence-corrected chi connectivity index (χ1v) is 14.2. The number of hydrogen-bond acceptors (Lipinski definition) is 3. The van der Waals surface area contributed by atoms with E-state index in [9.17, 15) is 0 Å². The van der Waals surface area contributed by atoms with Gasteiger partial charge in [0.2, 0.25) is 0 Å². The molecule has 0 unspecified atom stereocenters. The highest BCUT2D eigenvalue weighted by molar-refractivity contribution is 5.38. The van der Waals surface area contributed by atoms with Gasteiger partial charge in [-0.2, -0.15) is 0 Å². The Bertz CT molecular complexity index is 929. The molecule has 1 aliphatic heterocycles. The van der Waals surface area contributed by atoms with E-state index in [-0.39, 0.29) is 0 Å². The predicted octanol–water partition coefficient (Wildman–Crippen LogP) is 6.58. The van der Waals surface area contributed by atoms with E-state index in [1.54, 1.807) is 5.57 Å². The lowest BCUT2D eigenvalue weighted by atomic mass is 9.47. The van der Waals surface area contributed by atoms with Crippen LogP contribution in [0.25, 0.3) is 0 Å². The molecule has 184 valence electrons. The van der Waals surface area contributed by atoms with Crippen molar-refractivity contribution >= 4 is 5.82 Å². The molecule has 3 heteroatoms. The molecule has 6 rings (SSSR count). The molecule has 1 saturated heterocycles. The second-order valence-electron chi connectivity index (χ2n) is 12.7. The highest BCUT2D eigenvalue weighted by Gasteiger charge is 2.59. The first-order valence-electron chi connectivity index (χ1n) is 14.2. The molecular formula is C31H45N3. The number of pyridine rings is 1. The monoisotopic (exact) mass is 459 g/mol. The van der Waals surface area contributed by atoms with Gasteiger partial charge < -0.3 is 4.90 Å². The lowest BCUT2D eigenvalue weighted by molar-refractivity contribution is -0.0373. The number of hydrogen-bond donors (Lipinski definition) is 0. The third-order valence-corrected chi connectivity index (χ3v) is 11.3. The Hall–Kier alpha value is -1.61. The molecule has 34 heavy (non-hydrogen) atoms. The number of allylic oxidation sites excluding steroid dienone is 4. The summed E-state index contributed by atoms with van der Waals surface area (Å²) in [5, 5.41) is 0. The largest absolute Gasteiger partial charge is 0.354 e. The molecule has 0 aromatic carbocycles. The van der Waals surface area contributed by atoms with Crippen LogP contribution >= 0.6 is 0 Å². The second kappa shape index (κ2) is 8.80. The first kappa shape index (κ1) is 22.8. The number of anilines is 1. The highest BCUT2D eigenvalue weighted by atomic mass is 15.3. The fourth-order valence-corrected chi connectivity index (χ4v) is 9.48. The van der Waals surface area contributed by atoms with E-state index in [4.69, 9.17) is 0 Å². The van der Waals surface area contributed by atoms with Crippen molar-refractivity contribution in [2.24, 2.45) is 40.4 Å². The van der Waals surface area contributed by atoms with Gasteiger partial charge in [-0.3, -0.25) is 4.90 Å². The minimum absolute atomic E-state index is 0.358. The van der Waals surface area contributed by atoms with E-state index in [2.05, 4.69) is 65.9 Å². The van der Waals surface area contributed by atoms with Crippen molar-refractivity contribution in [2.75, 3.05) is 37.6 Å². The summed E-state index contributed by atoms with van der Waals surface area (Å²) in [6, 6.07) is 6.27. The molecule has 5 aliphatic rings. The van der Waals surface area contributed by atoms with Crippen LogP contribution in [0.4, 0.5) is 5.82 Å². The van der Waals surface area contributed by atoms with E-state index in [0.29, 0.717) is 10.8 Å². The summed E-state index contributed by atoms with van der Waals surface area (Å²) in [7, 11) is 0. The molecular weight excluding hydrogens is 414 g/mol. The number of rotatable bonds is 4. The third-order valence-electron chi connectivity index (χ3n) is 11.3. The van der Waals surface area contributed by atoms with E-state index in [0.717, 1.165) is 48.5 Å². The standard InChI is InChI=1S/C31H45N3/c1-23-22-28-25-11-10-24-8-4-6-14-30(24,2)27(25)12-15-31(28,3)26(23)13-17-33-18-20-34(21-19-33)29-9-5-7-16-32-29/h5-9,14,16,23,25-28H,4,10-13,15,17-22H2,1-3H3/t23-,25-,26+,27+,28+,30+,31-/m1/s1. The third kappa shape index (κ3) is 3.69. The highest BCUT2D eigenvalue weighted by Crippen LogP contribution is 2.67. The lowest BCUT2D eigenvalue weighted by Crippen LogP contribution is -2.50. The quantitative estimate of drug-likeness (QED) is 0.474. The summed E-state index contributed by atoms with van der Waals surface area (Å²) in [6.07, 6.45) is 19.3. The summed E-state index contributed by atoms with van der Waals surface area (Å²) in [5.74, 6) is 5.70. The van der Waals surface area contributed by atoms with Crippen LogP contribution in [-0.2, 0) is 0 Å². The fourth-order valence-electron chi connectivity index (χ4n) is 9.48. The number of aromatic nitrogens is 1. The molecule has 3 nitrogen and oxygen atoms in total. The van der Waals surface area contributed by atoms with Crippen LogP contribution in [0.5, 0.6) is 0 Å². The van der Waals surface area contributed by atoms with Crippen molar-refractivity contribution < 1.29 is 0 Å². The van der Waals surface area contributed by atoms with E-state index in [1.807, 2.05) is 12.3 Å². The Labute approximate surface area is 207 Å². The van der Waals surface area contributed by atoms with Gasteiger partial charge in [-0.15, -0.1) is 0 Å². The maximum Gasteiger partial charge on any atom is 0.128 e. The van der Waals surface area contributed by atoms with Crippen LogP contribution < -0.4 is 4.90 Å². The molecule has 7 atom stereocenters. The van der Waals surface area contributed by atoms with Crippen molar-refractivity contribution in [3.8, 4) is 0 Å². The molecule has 0 spiro atoms. The number of piperazine rings is 1. The van der Waals surface area contributed by atoms with E-state index in [1.165, 1.54) is 64.6 Å². The molecule has 0 radical (unpaired) electrons. The Kier molecular flexibility index (Phi) is 5.91. The molecule has 3 saturated carbocycles. The average molecular weight is 460 g/mol. The van der Waals surface area contributed by atoms with Crippen LogP contribution in [-0.4, -0.2) is 42.6 Å². The van der Waals surface area contributed by atoms with Crippen molar-refractivity contribution in [1.82, 2.24) is 9.88 Å². The summed E-state index contributed by atoms with van der Waals surface area (Å²) in [4.78, 5) is 9.76. The normalized spacial score (nSPS) is 42.0. The van der Waals surface area contributed by atoms with Gasteiger partial charge in [-0.05, 0) is 98.6 Å². The SMILES string of the molecule is C[C@@H]1C[C@H]2[C@@H]3CCC4=CCC=C[C@]4(C)[C@H]3CC[C@]2(C)[C@H]1CCN1CCN(c2ccccn2)CC1. The average Bonchev–Trinajstić information content (AvgIpc) is 3.12. The van der Waals surface area contributed by atoms with Crippen molar-refractivity contribution in [1.29, 1.82) is 0 Å². The van der Waals surface area contributed by atoms with E-state index >= 15 is 0 Å². The smallest absolute Gasteiger partial charge is 0.128 e. The summed E-state index contributed by atoms with van der Waals surface area (Å²) >= 11 is 0. The van der Waals surface area contributed by atoms with Crippen LogP contribution in [0, 0.1) is 40.4 Å².